The van der Waals surface area contributed by atoms with Gasteiger partial charge in [-0.25, -0.2) is 4.39 Å². The third kappa shape index (κ3) is 4.54. The lowest BCUT2D eigenvalue weighted by Gasteiger charge is -2.30. The zero-order valence-electron chi connectivity index (χ0n) is 17.2. The average molecular weight is 410 g/mol. The highest BCUT2D eigenvalue weighted by Gasteiger charge is 2.25. The molecule has 0 unspecified atom stereocenters. The summed E-state index contributed by atoms with van der Waals surface area (Å²) in [6.45, 7) is 4.27. The first kappa shape index (κ1) is 20.5. The van der Waals surface area contributed by atoms with Crippen molar-refractivity contribution < 1.29 is 14.0 Å². The fraction of sp³-hybridized carbons (Fsp3) is 0.417. The number of rotatable bonds is 7. The van der Waals surface area contributed by atoms with Crippen molar-refractivity contribution in [3.8, 4) is 11.1 Å². The van der Waals surface area contributed by atoms with Gasteiger partial charge in [0.1, 0.15) is 6.67 Å². The van der Waals surface area contributed by atoms with Gasteiger partial charge >= 0.3 is 0 Å². The van der Waals surface area contributed by atoms with Crippen LogP contribution in [0.5, 0.6) is 0 Å². The second kappa shape index (κ2) is 9.39. The largest absolute Gasteiger partial charge is 0.349 e. The molecule has 2 aliphatic rings. The lowest BCUT2D eigenvalue weighted by atomic mass is 9.93. The fourth-order valence-corrected chi connectivity index (χ4v) is 4.27. The van der Waals surface area contributed by atoms with Crippen molar-refractivity contribution in [2.45, 2.75) is 19.3 Å². The second-order valence-corrected chi connectivity index (χ2v) is 7.99. The maximum absolute atomic E-state index is 12.9. The fourth-order valence-electron chi connectivity index (χ4n) is 4.27. The highest BCUT2D eigenvalue weighted by atomic mass is 19.1. The molecule has 4 rings (SSSR count). The summed E-state index contributed by atoms with van der Waals surface area (Å²) >= 11 is 0. The first-order valence-electron chi connectivity index (χ1n) is 10.7. The van der Waals surface area contributed by atoms with E-state index in [-0.39, 0.29) is 18.4 Å². The Bertz CT molecular complexity index is 907. The number of hydrogen-bond acceptors (Lipinski definition) is 3. The van der Waals surface area contributed by atoms with Crippen LogP contribution in [0.1, 0.15) is 39.1 Å². The van der Waals surface area contributed by atoms with Crippen LogP contribution in [0.4, 0.5) is 4.39 Å². The van der Waals surface area contributed by atoms with Crippen LogP contribution in [0.15, 0.2) is 42.5 Å². The number of amides is 2. The first-order chi connectivity index (χ1) is 14.7. The molecule has 30 heavy (non-hydrogen) atoms. The minimum absolute atomic E-state index is 0.0223. The number of carbonyl (C=O) groups is 2. The van der Waals surface area contributed by atoms with E-state index in [1.165, 1.54) is 12.8 Å². The molecular formula is C24H28FN3O2. The van der Waals surface area contributed by atoms with Gasteiger partial charge in [-0.1, -0.05) is 24.3 Å². The predicted octanol–water partition coefficient (Wildman–Crippen LogP) is 3.15. The van der Waals surface area contributed by atoms with Crippen LogP contribution >= 0.6 is 0 Å². The third-order valence-electron chi connectivity index (χ3n) is 6.02. The molecule has 2 aromatic carbocycles. The third-order valence-corrected chi connectivity index (χ3v) is 6.02. The molecule has 5 nitrogen and oxygen atoms in total. The number of alkyl halides is 1. The van der Waals surface area contributed by atoms with Crippen molar-refractivity contribution in [3.63, 3.8) is 0 Å². The van der Waals surface area contributed by atoms with Gasteiger partial charge < -0.3 is 15.1 Å². The van der Waals surface area contributed by atoms with E-state index in [0.717, 1.165) is 61.4 Å². The summed E-state index contributed by atoms with van der Waals surface area (Å²) in [4.78, 5) is 29.3. The molecule has 2 aliphatic heterocycles. The summed E-state index contributed by atoms with van der Waals surface area (Å²) in [5.74, 6) is -0.147. The highest BCUT2D eigenvalue weighted by molar-refractivity contribution is 5.97. The van der Waals surface area contributed by atoms with Gasteiger partial charge in [0.25, 0.3) is 11.8 Å². The second-order valence-electron chi connectivity index (χ2n) is 7.99. The van der Waals surface area contributed by atoms with Crippen LogP contribution in [0.25, 0.3) is 11.1 Å². The van der Waals surface area contributed by atoms with Crippen molar-refractivity contribution in [1.29, 1.82) is 0 Å². The summed E-state index contributed by atoms with van der Waals surface area (Å²) in [6.07, 6.45) is 3.39. The molecule has 0 aromatic heterocycles. The van der Waals surface area contributed by atoms with Crippen LogP contribution in [0, 0.1) is 0 Å². The van der Waals surface area contributed by atoms with Gasteiger partial charge in [0, 0.05) is 37.3 Å². The summed E-state index contributed by atoms with van der Waals surface area (Å²) in [6, 6.07) is 13.2. The Morgan fingerprint density at radius 3 is 2.43 bits per heavy atom. The van der Waals surface area contributed by atoms with E-state index in [0.29, 0.717) is 5.56 Å². The number of halogens is 1. The molecule has 6 heteroatoms. The number of hydrogen-bond donors (Lipinski definition) is 1. The molecular weight excluding hydrogens is 381 g/mol. The van der Waals surface area contributed by atoms with Gasteiger partial charge in [0.15, 0.2) is 0 Å². The molecule has 2 aromatic rings. The van der Waals surface area contributed by atoms with E-state index < -0.39 is 6.67 Å². The predicted molar refractivity (Wildman–Crippen MR) is 115 cm³/mol. The first-order valence-corrected chi connectivity index (χ1v) is 10.7. The van der Waals surface area contributed by atoms with Crippen molar-refractivity contribution >= 4 is 11.8 Å². The van der Waals surface area contributed by atoms with Gasteiger partial charge in [0.05, 0.1) is 0 Å². The Kier molecular flexibility index (Phi) is 6.43. The van der Waals surface area contributed by atoms with Gasteiger partial charge in [-0.2, -0.15) is 0 Å². The van der Waals surface area contributed by atoms with Crippen LogP contribution < -0.4 is 5.32 Å². The smallest absolute Gasteiger partial charge is 0.254 e. The van der Waals surface area contributed by atoms with Crippen LogP contribution in [-0.4, -0.2) is 67.6 Å². The van der Waals surface area contributed by atoms with Crippen LogP contribution in [-0.2, 0) is 6.42 Å². The van der Waals surface area contributed by atoms with Gasteiger partial charge in [-0.15, -0.1) is 0 Å². The van der Waals surface area contributed by atoms with Gasteiger partial charge in [0.2, 0.25) is 0 Å². The van der Waals surface area contributed by atoms with Crippen molar-refractivity contribution in [2.24, 2.45) is 0 Å². The zero-order valence-corrected chi connectivity index (χ0v) is 17.2. The molecule has 0 atom stereocenters. The summed E-state index contributed by atoms with van der Waals surface area (Å²) in [5, 5.41) is 2.53. The molecule has 1 fully saturated rings. The Labute approximate surface area is 176 Å². The molecule has 0 spiro atoms. The standard InChI is InChI=1S/C24H28FN3O2/c25-10-11-26-23(29)19-5-3-18(4-6-19)20-7-8-22-21(17-20)9-14-28(24(22)30)16-15-27-12-1-2-13-27/h3-8,17H,1-2,9-16H2,(H,26,29). The lowest BCUT2D eigenvalue weighted by molar-refractivity contribution is 0.0724. The topological polar surface area (TPSA) is 52.7 Å². The average Bonchev–Trinajstić information content (AvgIpc) is 3.30. The summed E-state index contributed by atoms with van der Waals surface area (Å²) < 4.78 is 12.2. The maximum atomic E-state index is 12.9. The Morgan fingerprint density at radius 2 is 1.70 bits per heavy atom. The highest BCUT2D eigenvalue weighted by Crippen LogP contribution is 2.27. The Balaban J connectivity index is 1.43. The molecule has 0 bridgehead atoms. The molecule has 0 radical (unpaired) electrons. The van der Waals surface area contributed by atoms with E-state index in [1.807, 2.05) is 29.2 Å². The normalized spacial score (nSPS) is 16.6. The number of nitrogens with zero attached hydrogens (tertiary/aromatic N) is 2. The van der Waals surface area contributed by atoms with Gasteiger partial charge in [-0.3, -0.25) is 9.59 Å². The van der Waals surface area contributed by atoms with E-state index in [2.05, 4.69) is 16.3 Å². The van der Waals surface area contributed by atoms with Crippen LogP contribution in [0.2, 0.25) is 0 Å². The number of nitrogens with one attached hydrogen (secondary N) is 1. The Morgan fingerprint density at radius 1 is 0.967 bits per heavy atom. The zero-order chi connectivity index (χ0) is 20.9. The quantitative estimate of drug-likeness (QED) is 0.764. The van der Waals surface area contributed by atoms with Crippen molar-refractivity contribution in [3.05, 3.63) is 59.2 Å². The van der Waals surface area contributed by atoms with Crippen molar-refractivity contribution in [2.75, 3.05) is 45.9 Å². The van der Waals surface area contributed by atoms with Crippen molar-refractivity contribution in [1.82, 2.24) is 15.1 Å². The van der Waals surface area contributed by atoms with E-state index in [9.17, 15) is 14.0 Å². The minimum Gasteiger partial charge on any atom is -0.349 e. The molecule has 0 saturated carbocycles. The number of likely N-dealkylation sites (tertiary alicyclic amines) is 1. The number of benzene rings is 2. The summed E-state index contributed by atoms with van der Waals surface area (Å²) in [7, 11) is 0. The van der Waals surface area contributed by atoms with Crippen LogP contribution in [0.3, 0.4) is 0 Å². The number of carbonyl (C=O) groups excluding carboxylic acids is 2. The molecule has 1 N–H and O–H groups in total. The molecule has 2 heterocycles. The molecule has 2 amide bonds. The molecule has 0 aliphatic carbocycles. The SMILES string of the molecule is O=C(NCCF)c1ccc(-c2ccc3c(c2)CCN(CCN2CCCC2)C3=O)cc1. The molecule has 158 valence electrons. The summed E-state index contributed by atoms with van der Waals surface area (Å²) in [5.41, 5.74) is 4.41. The lowest BCUT2D eigenvalue weighted by Crippen LogP contribution is -2.42. The minimum atomic E-state index is -0.576. The number of fused-ring (bicyclic) bond motifs is 1. The maximum Gasteiger partial charge on any atom is 0.254 e. The monoisotopic (exact) mass is 409 g/mol. The van der Waals surface area contributed by atoms with Gasteiger partial charge in [-0.05, 0) is 67.2 Å². The Hall–Kier alpha value is -2.73. The van der Waals surface area contributed by atoms with E-state index in [4.69, 9.17) is 0 Å². The molecule has 1 saturated heterocycles. The van der Waals surface area contributed by atoms with E-state index in [1.54, 1.807) is 12.1 Å². The van der Waals surface area contributed by atoms with E-state index >= 15 is 0 Å².